The molecule has 0 atom stereocenters. The highest BCUT2D eigenvalue weighted by Gasteiger charge is 2.34. The van der Waals surface area contributed by atoms with Crippen LogP contribution < -0.4 is 14.2 Å². The van der Waals surface area contributed by atoms with Crippen LogP contribution in [0.3, 0.4) is 0 Å². The molecule has 5 nitrogen and oxygen atoms in total. The third-order valence-electron chi connectivity index (χ3n) is 3.07. The molecule has 0 amide bonds. The molecule has 0 bridgehead atoms. The first-order valence-corrected chi connectivity index (χ1v) is 7.66. The van der Waals surface area contributed by atoms with Crippen LogP contribution in [0.5, 0.6) is 23.0 Å². The summed E-state index contributed by atoms with van der Waals surface area (Å²) in [6.07, 6.45) is -10.0. The van der Waals surface area contributed by atoms with E-state index in [1.165, 1.54) is 0 Å². The van der Waals surface area contributed by atoms with Gasteiger partial charge in [0, 0.05) is 6.07 Å². The van der Waals surface area contributed by atoms with Crippen molar-refractivity contribution in [2.45, 2.75) is 12.5 Å². The predicted octanol–water partition coefficient (Wildman–Crippen LogP) is 5.87. The van der Waals surface area contributed by atoms with Crippen LogP contribution in [0.25, 0.3) is 0 Å². The number of alkyl halides is 6. The minimum Gasteiger partial charge on any atom is -0.493 e. The third kappa shape index (κ3) is 5.21. The van der Waals surface area contributed by atoms with Crippen molar-refractivity contribution < 1.29 is 54.6 Å². The number of carbonyl (C=O) groups is 1. The number of halogens is 7. The van der Waals surface area contributed by atoms with Crippen molar-refractivity contribution in [3.63, 3.8) is 0 Å². The van der Waals surface area contributed by atoms with Crippen molar-refractivity contribution in [2.75, 3.05) is 7.04 Å². The Bertz CT molecular complexity index is 991. The van der Waals surface area contributed by atoms with Crippen molar-refractivity contribution >= 4 is 21.9 Å². The molecule has 2 rings (SSSR count). The van der Waals surface area contributed by atoms with Crippen LogP contribution in [-0.4, -0.2) is 24.5 Å². The molecule has 0 aliphatic heterocycles. The lowest BCUT2D eigenvalue weighted by Crippen LogP contribution is -2.17. The summed E-state index contributed by atoms with van der Waals surface area (Å²) in [6, 6.07) is 2.75. The van der Waals surface area contributed by atoms with Crippen molar-refractivity contribution in [1.29, 1.82) is 0 Å². The van der Waals surface area contributed by atoms with E-state index in [-0.39, 0.29) is 6.07 Å². The van der Waals surface area contributed by atoms with Crippen LogP contribution in [0.4, 0.5) is 26.3 Å². The van der Waals surface area contributed by atoms with Gasteiger partial charge in [0.1, 0.15) is 11.3 Å². The first-order chi connectivity index (χ1) is 14.0. The summed E-state index contributed by atoms with van der Waals surface area (Å²) in [5.74, 6) is -4.81. The van der Waals surface area contributed by atoms with E-state index in [1.54, 1.807) is 0 Å². The van der Waals surface area contributed by atoms with E-state index in [9.17, 15) is 36.2 Å². The zero-order valence-electron chi connectivity index (χ0n) is 16.1. The van der Waals surface area contributed by atoms with E-state index in [4.69, 9.17) is 8.85 Å². The highest BCUT2D eigenvalue weighted by atomic mass is 79.9. The Hall–Kier alpha value is -2.63. The van der Waals surface area contributed by atoms with Gasteiger partial charge in [-0.25, -0.2) is 4.79 Å². The highest BCUT2D eigenvalue weighted by Crippen LogP contribution is 2.42. The highest BCUT2D eigenvalue weighted by molar-refractivity contribution is 9.10. The standard InChI is InChI=1S/C16H9BrF6O5/c1-26-12-6-8(28-16(21,22)23)2-3-11(12)27-13-9(14(24)25)4-7(5-10(13)17)15(18,19)20/h2-6H,1H3,(H,24,25)/i1D3. The van der Waals surface area contributed by atoms with Gasteiger partial charge < -0.3 is 19.3 Å². The summed E-state index contributed by atoms with van der Waals surface area (Å²) in [6.45, 7) is 0. The Kier molecular flexibility index (Phi) is 4.85. The molecule has 1 N–H and O–H groups in total. The van der Waals surface area contributed by atoms with E-state index in [1.807, 2.05) is 0 Å². The second-order valence-electron chi connectivity index (χ2n) is 5.00. The summed E-state index contributed by atoms with van der Waals surface area (Å²) < 4.78 is 110. The molecule has 0 saturated carbocycles. The van der Waals surface area contributed by atoms with Gasteiger partial charge in [-0.3, -0.25) is 0 Å². The number of benzene rings is 2. The smallest absolute Gasteiger partial charge is 0.493 e. The normalized spacial score (nSPS) is 13.9. The molecule has 0 unspecified atom stereocenters. The summed E-state index contributed by atoms with van der Waals surface area (Å²) in [5.41, 5.74) is -2.28. The number of carboxylic acid groups (broad SMARTS) is 1. The van der Waals surface area contributed by atoms with Crippen LogP contribution in [0.2, 0.25) is 0 Å². The number of carboxylic acids is 1. The molecule has 2 aromatic rings. The monoisotopic (exact) mass is 477 g/mol. The SMILES string of the molecule is [2H]C([2H])([2H])Oc1cc(OC(F)(F)F)ccc1Oc1c(Br)cc(C(F)(F)F)cc1C(=O)O. The number of methoxy groups -OCH3 is 1. The molecule has 0 aliphatic rings. The van der Waals surface area contributed by atoms with Crippen LogP contribution in [-0.2, 0) is 6.18 Å². The molecular weight excluding hydrogens is 466 g/mol. The van der Waals surface area contributed by atoms with E-state index >= 15 is 0 Å². The molecule has 2 aromatic carbocycles. The topological polar surface area (TPSA) is 65.0 Å². The maximum Gasteiger partial charge on any atom is 0.573 e. The predicted molar refractivity (Wildman–Crippen MR) is 85.9 cm³/mol. The lowest BCUT2D eigenvalue weighted by molar-refractivity contribution is -0.274. The molecule has 0 heterocycles. The van der Waals surface area contributed by atoms with Crippen molar-refractivity contribution in [3.8, 4) is 23.0 Å². The molecule has 0 fully saturated rings. The van der Waals surface area contributed by atoms with Crippen LogP contribution in [0.15, 0.2) is 34.8 Å². The summed E-state index contributed by atoms with van der Waals surface area (Å²) in [4.78, 5) is 11.4. The Morgan fingerprint density at radius 2 is 1.79 bits per heavy atom. The van der Waals surface area contributed by atoms with E-state index in [0.717, 1.165) is 6.07 Å². The summed E-state index contributed by atoms with van der Waals surface area (Å²) >= 11 is 2.74. The second-order valence-corrected chi connectivity index (χ2v) is 5.85. The summed E-state index contributed by atoms with van der Waals surface area (Å²) in [5, 5.41) is 9.25. The third-order valence-corrected chi connectivity index (χ3v) is 3.66. The molecule has 152 valence electrons. The number of aromatic carboxylic acids is 1. The average Bonchev–Trinajstić information content (AvgIpc) is 2.54. The Labute approximate surface area is 165 Å². The number of ether oxygens (including phenoxy) is 3. The second kappa shape index (κ2) is 7.78. The number of hydrogen-bond donors (Lipinski definition) is 1. The van der Waals surface area contributed by atoms with E-state index in [0.29, 0.717) is 18.2 Å². The van der Waals surface area contributed by atoms with Gasteiger partial charge in [0.15, 0.2) is 17.2 Å². The van der Waals surface area contributed by atoms with Gasteiger partial charge in [0.05, 0.1) is 21.2 Å². The zero-order chi connectivity index (χ0) is 23.8. The minimum atomic E-state index is -5.12. The van der Waals surface area contributed by atoms with Gasteiger partial charge in [-0.15, -0.1) is 13.2 Å². The van der Waals surface area contributed by atoms with Crippen LogP contribution >= 0.6 is 15.9 Å². The van der Waals surface area contributed by atoms with Crippen molar-refractivity contribution in [3.05, 3.63) is 45.9 Å². The fourth-order valence-electron chi connectivity index (χ4n) is 1.98. The van der Waals surface area contributed by atoms with Gasteiger partial charge in [-0.05, 0) is 40.2 Å². The zero-order valence-corrected chi connectivity index (χ0v) is 14.7. The van der Waals surface area contributed by atoms with Gasteiger partial charge in [-0.2, -0.15) is 13.2 Å². The molecule has 12 heteroatoms. The van der Waals surface area contributed by atoms with E-state index in [2.05, 4.69) is 25.4 Å². The molecule has 0 saturated heterocycles. The minimum absolute atomic E-state index is 0.272. The maximum atomic E-state index is 13.0. The Morgan fingerprint density at radius 1 is 1.11 bits per heavy atom. The fraction of sp³-hybridized carbons (Fsp3) is 0.188. The largest absolute Gasteiger partial charge is 0.573 e. The van der Waals surface area contributed by atoms with Crippen molar-refractivity contribution in [1.82, 2.24) is 0 Å². The molecule has 28 heavy (non-hydrogen) atoms. The fourth-order valence-corrected chi connectivity index (χ4v) is 2.52. The molecule has 0 aliphatic carbocycles. The first-order valence-electron chi connectivity index (χ1n) is 8.37. The first kappa shape index (κ1) is 17.5. The Morgan fingerprint density at radius 3 is 2.32 bits per heavy atom. The average molecular weight is 478 g/mol. The van der Waals surface area contributed by atoms with Gasteiger partial charge >= 0.3 is 18.5 Å². The van der Waals surface area contributed by atoms with E-state index < -0.39 is 64.1 Å². The molecule has 0 radical (unpaired) electrons. The number of hydrogen-bond acceptors (Lipinski definition) is 4. The van der Waals surface area contributed by atoms with Crippen LogP contribution in [0, 0.1) is 0 Å². The van der Waals surface area contributed by atoms with Crippen molar-refractivity contribution in [2.24, 2.45) is 0 Å². The maximum absolute atomic E-state index is 13.0. The lowest BCUT2D eigenvalue weighted by Gasteiger charge is -2.17. The summed E-state index contributed by atoms with van der Waals surface area (Å²) in [7, 11) is -3.16. The van der Waals surface area contributed by atoms with Gasteiger partial charge in [-0.1, -0.05) is 0 Å². The molecule has 0 aromatic heterocycles. The Balaban J connectivity index is 2.57. The van der Waals surface area contributed by atoms with Gasteiger partial charge in [0.2, 0.25) is 0 Å². The van der Waals surface area contributed by atoms with Gasteiger partial charge in [0.25, 0.3) is 0 Å². The molecule has 0 spiro atoms. The van der Waals surface area contributed by atoms with Crippen LogP contribution in [0.1, 0.15) is 20.0 Å². The quantitative estimate of drug-likeness (QED) is 0.546. The molecular formula is C16H9BrF6O5. The number of rotatable bonds is 5. The lowest BCUT2D eigenvalue weighted by atomic mass is 10.1.